The number of rotatable bonds is 1. The average molecular weight is 272 g/mol. The molecule has 2 rings (SSSR count). The maximum absolute atomic E-state index is 14.6. The van der Waals surface area contributed by atoms with Crippen molar-refractivity contribution in [2.24, 2.45) is 0 Å². The van der Waals surface area contributed by atoms with Gasteiger partial charge in [-0.05, 0) is 44.1 Å². The first kappa shape index (κ1) is 11.1. The summed E-state index contributed by atoms with van der Waals surface area (Å²) in [6, 6.07) is 7.57. The van der Waals surface area contributed by atoms with Gasteiger partial charge < -0.3 is 4.90 Å². The molecule has 82 valence electrons. The van der Waals surface area contributed by atoms with Crippen LogP contribution < -0.4 is 0 Å². The van der Waals surface area contributed by atoms with E-state index in [4.69, 9.17) is 0 Å². The van der Waals surface area contributed by atoms with Crippen LogP contribution in [-0.4, -0.2) is 25.0 Å². The number of alkyl halides is 1. The van der Waals surface area contributed by atoms with Crippen molar-refractivity contribution in [3.8, 4) is 0 Å². The van der Waals surface area contributed by atoms with E-state index >= 15 is 0 Å². The Morgan fingerprint density at radius 1 is 1.33 bits per heavy atom. The molecule has 1 aromatic rings. The van der Waals surface area contributed by atoms with E-state index in [1.165, 1.54) is 0 Å². The Balaban J connectivity index is 2.24. The van der Waals surface area contributed by atoms with Crippen molar-refractivity contribution >= 4 is 15.9 Å². The fourth-order valence-corrected chi connectivity index (χ4v) is 2.46. The predicted molar refractivity (Wildman–Crippen MR) is 63.7 cm³/mol. The quantitative estimate of drug-likeness (QED) is 0.758. The number of benzene rings is 1. The van der Waals surface area contributed by atoms with E-state index in [2.05, 4.69) is 20.8 Å². The molecule has 1 atom stereocenters. The molecule has 0 bridgehead atoms. The topological polar surface area (TPSA) is 3.24 Å². The van der Waals surface area contributed by atoms with Crippen LogP contribution in [0.4, 0.5) is 4.39 Å². The Bertz CT molecular complexity index is 338. The van der Waals surface area contributed by atoms with E-state index in [-0.39, 0.29) is 0 Å². The van der Waals surface area contributed by atoms with Gasteiger partial charge in [0.25, 0.3) is 0 Å². The van der Waals surface area contributed by atoms with Crippen LogP contribution in [0.3, 0.4) is 0 Å². The molecular formula is C12H15BrFN. The summed E-state index contributed by atoms with van der Waals surface area (Å²) in [5.41, 5.74) is -0.356. The summed E-state index contributed by atoms with van der Waals surface area (Å²) < 4.78 is 15.6. The zero-order chi connectivity index (χ0) is 10.9. The van der Waals surface area contributed by atoms with Crippen LogP contribution in [0, 0.1) is 0 Å². The highest BCUT2D eigenvalue weighted by Crippen LogP contribution is 2.35. The number of hydrogen-bond donors (Lipinski definition) is 0. The molecule has 1 aliphatic rings. The van der Waals surface area contributed by atoms with Crippen LogP contribution in [0.1, 0.15) is 18.4 Å². The highest BCUT2D eigenvalue weighted by Gasteiger charge is 2.35. The number of nitrogens with zero attached hydrogens (tertiary/aromatic N) is 1. The van der Waals surface area contributed by atoms with Crippen LogP contribution in [0.2, 0.25) is 0 Å². The molecule has 15 heavy (non-hydrogen) atoms. The smallest absolute Gasteiger partial charge is 0.148 e. The third kappa shape index (κ3) is 2.40. The Hall–Kier alpha value is -0.410. The lowest BCUT2D eigenvalue weighted by Crippen LogP contribution is -2.41. The van der Waals surface area contributed by atoms with E-state index in [9.17, 15) is 4.39 Å². The molecule has 0 aromatic heterocycles. The van der Waals surface area contributed by atoms with E-state index < -0.39 is 5.67 Å². The highest BCUT2D eigenvalue weighted by molar-refractivity contribution is 9.10. The molecular weight excluding hydrogens is 257 g/mol. The summed E-state index contributed by atoms with van der Waals surface area (Å²) in [5, 5.41) is 0. The third-order valence-corrected chi connectivity index (χ3v) is 3.52. The lowest BCUT2D eigenvalue weighted by Gasteiger charge is -2.35. The summed E-state index contributed by atoms with van der Waals surface area (Å²) in [6.45, 7) is 1.51. The van der Waals surface area contributed by atoms with Crippen LogP contribution in [-0.2, 0) is 5.67 Å². The number of halogens is 2. The van der Waals surface area contributed by atoms with Gasteiger partial charge in [-0.25, -0.2) is 4.39 Å². The Labute approximate surface area is 98.4 Å². The summed E-state index contributed by atoms with van der Waals surface area (Å²) >= 11 is 3.37. The van der Waals surface area contributed by atoms with Gasteiger partial charge in [0.15, 0.2) is 0 Å². The third-order valence-electron chi connectivity index (χ3n) is 2.99. The SMILES string of the molecule is CN1CCCC(F)(c2ccc(Br)cc2)C1. The minimum absolute atomic E-state index is 0.509. The monoisotopic (exact) mass is 271 g/mol. The van der Waals surface area contributed by atoms with E-state index in [0.29, 0.717) is 13.0 Å². The second-order valence-corrected chi connectivity index (χ2v) is 5.23. The average Bonchev–Trinajstić information content (AvgIpc) is 2.18. The van der Waals surface area contributed by atoms with Gasteiger partial charge in [0.1, 0.15) is 5.67 Å². The van der Waals surface area contributed by atoms with Crippen LogP contribution in [0.15, 0.2) is 28.7 Å². The summed E-state index contributed by atoms with van der Waals surface area (Å²) in [4.78, 5) is 2.06. The van der Waals surface area contributed by atoms with Gasteiger partial charge >= 0.3 is 0 Å². The Kier molecular flexibility index (Phi) is 3.12. The number of piperidine rings is 1. The normalized spacial score (nSPS) is 27.9. The summed E-state index contributed by atoms with van der Waals surface area (Å²) in [7, 11) is 1.98. The van der Waals surface area contributed by atoms with Crippen LogP contribution >= 0.6 is 15.9 Å². The van der Waals surface area contributed by atoms with Crippen LogP contribution in [0.5, 0.6) is 0 Å². The second kappa shape index (κ2) is 4.22. The van der Waals surface area contributed by atoms with Gasteiger partial charge in [0, 0.05) is 11.0 Å². The molecule has 0 spiro atoms. The van der Waals surface area contributed by atoms with Crippen molar-refractivity contribution in [2.75, 3.05) is 20.1 Å². The van der Waals surface area contributed by atoms with Gasteiger partial charge in [-0.3, -0.25) is 0 Å². The summed E-state index contributed by atoms with van der Waals surface area (Å²) in [5.74, 6) is 0. The first-order valence-electron chi connectivity index (χ1n) is 5.24. The van der Waals surface area contributed by atoms with Crippen molar-refractivity contribution < 1.29 is 4.39 Å². The fraction of sp³-hybridized carbons (Fsp3) is 0.500. The molecule has 1 saturated heterocycles. The lowest BCUT2D eigenvalue weighted by atomic mass is 9.88. The number of hydrogen-bond acceptors (Lipinski definition) is 1. The van der Waals surface area contributed by atoms with Gasteiger partial charge in [-0.15, -0.1) is 0 Å². The van der Waals surface area contributed by atoms with Crippen molar-refractivity contribution in [1.82, 2.24) is 4.90 Å². The molecule has 1 nitrogen and oxygen atoms in total. The van der Waals surface area contributed by atoms with Crippen molar-refractivity contribution in [3.05, 3.63) is 34.3 Å². The first-order chi connectivity index (χ1) is 7.10. The molecule has 0 aliphatic carbocycles. The first-order valence-corrected chi connectivity index (χ1v) is 6.03. The second-order valence-electron chi connectivity index (χ2n) is 4.31. The molecule has 3 heteroatoms. The Morgan fingerprint density at radius 2 is 2.00 bits per heavy atom. The van der Waals surface area contributed by atoms with Crippen molar-refractivity contribution in [2.45, 2.75) is 18.5 Å². The molecule has 1 aliphatic heterocycles. The van der Waals surface area contributed by atoms with E-state index in [0.717, 1.165) is 23.0 Å². The van der Waals surface area contributed by atoms with E-state index in [1.807, 2.05) is 31.3 Å². The Morgan fingerprint density at radius 3 is 2.60 bits per heavy atom. The largest absolute Gasteiger partial charge is 0.303 e. The van der Waals surface area contributed by atoms with E-state index in [1.54, 1.807) is 0 Å². The number of likely N-dealkylation sites (N-methyl/N-ethyl adjacent to an activating group) is 1. The molecule has 1 heterocycles. The zero-order valence-electron chi connectivity index (χ0n) is 8.84. The predicted octanol–water partition coefficient (Wildman–Crippen LogP) is 3.34. The van der Waals surface area contributed by atoms with Gasteiger partial charge in [0.05, 0.1) is 0 Å². The number of likely N-dealkylation sites (tertiary alicyclic amines) is 1. The lowest BCUT2D eigenvalue weighted by molar-refractivity contribution is 0.0563. The molecule has 1 unspecified atom stereocenters. The molecule has 1 aromatic carbocycles. The minimum Gasteiger partial charge on any atom is -0.303 e. The summed E-state index contributed by atoms with van der Waals surface area (Å²) in [6.07, 6.45) is 1.57. The van der Waals surface area contributed by atoms with Gasteiger partial charge in [0.2, 0.25) is 0 Å². The zero-order valence-corrected chi connectivity index (χ0v) is 10.4. The maximum atomic E-state index is 14.6. The highest BCUT2D eigenvalue weighted by atomic mass is 79.9. The van der Waals surface area contributed by atoms with Gasteiger partial charge in [-0.2, -0.15) is 0 Å². The fourth-order valence-electron chi connectivity index (χ4n) is 2.20. The molecule has 1 fully saturated rings. The molecule has 0 saturated carbocycles. The van der Waals surface area contributed by atoms with Crippen LogP contribution in [0.25, 0.3) is 0 Å². The molecule has 0 radical (unpaired) electrons. The standard InChI is InChI=1S/C12H15BrFN/c1-15-8-2-7-12(14,9-15)10-3-5-11(13)6-4-10/h3-6H,2,7-9H2,1H3. The minimum atomic E-state index is -1.16. The van der Waals surface area contributed by atoms with Gasteiger partial charge in [-0.1, -0.05) is 28.1 Å². The maximum Gasteiger partial charge on any atom is 0.148 e. The molecule has 0 amide bonds. The van der Waals surface area contributed by atoms with Crippen molar-refractivity contribution in [1.29, 1.82) is 0 Å². The van der Waals surface area contributed by atoms with Crippen molar-refractivity contribution in [3.63, 3.8) is 0 Å². The molecule has 0 N–H and O–H groups in total.